The van der Waals surface area contributed by atoms with Gasteiger partial charge in [0, 0.05) is 19.4 Å². The Bertz CT molecular complexity index is 365. The van der Waals surface area contributed by atoms with Crippen LogP contribution in [0.15, 0.2) is 4.99 Å². The second-order valence-electron chi connectivity index (χ2n) is 5.09. The summed E-state index contributed by atoms with van der Waals surface area (Å²) < 4.78 is 5.16. The normalized spacial score (nSPS) is 12.9. The van der Waals surface area contributed by atoms with Crippen LogP contribution in [-0.2, 0) is 19.1 Å². The lowest BCUT2D eigenvalue weighted by Gasteiger charge is -2.16. The number of ether oxygens (including phenoxy) is 1. The minimum absolute atomic E-state index is 0.00520. The molecule has 1 amide bonds. The lowest BCUT2D eigenvalue weighted by molar-refractivity contribution is -0.147. The van der Waals surface area contributed by atoms with Crippen LogP contribution in [-0.4, -0.2) is 37.1 Å². The zero-order valence-corrected chi connectivity index (χ0v) is 13.2. The van der Waals surface area contributed by atoms with E-state index in [1.807, 2.05) is 13.8 Å². The van der Waals surface area contributed by atoms with Gasteiger partial charge in [-0.1, -0.05) is 13.8 Å². The molecule has 0 aliphatic rings. The Morgan fingerprint density at radius 1 is 1.29 bits per heavy atom. The highest BCUT2D eigenvalue weighted by atomic mass is 16.5. The Kier molecular flexibility index (Phi) is 11.1. The molecule has 0 aliphatic carbocycles. The molecule has 0 rings (SSSR count). The maximum Gasteiger partial charge on any atom is 0.302 e. The molecule has 0 fully saturated rings. The van der Waals surface area contributed by atoms with Gasteiger partial charge in [-0.05, 0) is 32.1 Å². The van der Waals surface area contributed by atoms with Crippen molar-refractivity contribution < 1.29 is 19.1 Å². The average Bonchev–Trinajstić information content (AvgIpc) is 2.45. The number of aliphatic imine (C=N–C) groups is 1. The summed E-state index contributed by atoms with van der Waals surface area (Å²) in [4.78, 5) is 36.0. The first-order valence-electron chi connectivity index (χ1n) is 7.49. The van der Waals surface area contributed by atoms with E-state index in [0.29, 0.717) is 19.5 Å². The van der Waals surface area contributed by atoms with Crippen LogP contribution in [0.2, 0.25) is 0 Å². The lowest BCUT2D eigenvalue weighted by atomic mass is 10.0. The van der Waals surface area contributed by atoms with Gasteiger partial charge in [-0.3, -0.25) is 9.59 Å². The number of nitrogens with one attached hydrogen (secondary N) is 1. The minimum atomic E-state index is -0.259. The smallest absolute Gasteiger partial charge is 0.302 e. The fraction of sp³-hybridized carbons (Fsp3) is 0.800. The molecule has 0 aromatic carbocycles. The minimum Gasteiger partial charge on any atom is -0.463 e. The first-order chi connectivity index (χ1) is 10.0. The molecule has 6 nitrogen and oxygen atoms in total. The van der Waals surface area contributed by atoms with E-state index in [4.69, 9.17) is 4.74 Å². The predicted molar refractivity (Wildman–Crippen MR) is 79.5 cm³/mol. The number of carbonyl (C=O) groups excluding carboxylic acids is 3. The summed E-state index contributed by atoms with van der Waals surface area (Å²) in [5, 5.41) is 2.81. The third-order valence-electron chi connectivity index (χ3n) is 3.21. The van der Waals surface area contributed by atoms with Crippen molar-refractivity contribution >= 4 is 18.0 Å². The van der Waals surface area contributed by atoms with Crippen LogP contribution < -0.4 is 5.32 Å². The molecule has 6 heteroatoms. The van der Waals surface area contributed by atoms with Crippen LogP contribution in [0.4, 0.5) is 0 Å². The molecule has 0 aliphatic heterocycles. The summed E-state index contributed by atoms with van der Waals surface area (Å²) in [5.41, 5.74) is 0. The number of esters is 1. The highest BCUT2D eigenvalue weighted by Gasteiger charge is 2.14. The molecule has 21 heavy (non-hydrogen) atoms. The van der Waals surface area contributed by atoms with Gasteiger partial charge in [0.05, 0.1) is 6.54 Å². The van der Waals surface area contributed by atoms with Gasteiger partial charge in [-0.15, -0.1) is 0 Å². The molecule has 0 saturated carbocycles. The predicted octanol–water partition coefficient (Wildman–Crippen LogP) is 1.98. The van der Waals surface area contributed by atoms with Crippen LogP contribution in [0.5, 0.6) is 0 Å². The van der Waals surface area contributed by atoms with Crippen LogP contribution >= 0.6 is 0 Å². The fourth-order valence-electron chi connectivity index (χ4n) is 1.95. The Labute approximate surface area is 126 Å². The van der Waals surface area contributed by atoms with E-state index in [2.05, 4.69) is 10.3 Å². The molecule has 120 valence electrons. The van der Waals surface area contributed by atoms with E-state index in [-0.39, 0.29) is 23.9 Å². The standard InChI is InChI=1S/C15H26N2O4/c1-4-14(21-13(3)19)8-5-7-12(2)15(20)17-10-6-9-16-11-18/h12,14H,4-10H2,1-3H3,(H,17,20). The summed E-state index contributed by atoms with van der Waals surface area (Å²) in [7, 11) is 0. The molecule has 0 bridgehead atoms. The van der Waals surface area contributed by atoms with Crippen molar-refractivity contribution in [3.63, 3.8) is 0 Å². The zero-order chi connectivity index (χ0) is 16.1. The summed E-state index contributed by atoms with van der Waals surface area (Å²) >= 11 is 0. The second-order valence-corrected chi connectivity index (χ2v) is 5.09. The van der Waals surface area contributed by atoms with Gasteiger partial charge in [-0.2, -0.15) is 0 Å². The molecule has 0 heterocycles. The summed E-state index contributed by atoms with van der Waals surface area (Å²) in [6.07, 6.45) is 5.21. The van der Waals surface area contributed by atoms with Crippen molar-refractivity contribution in [1.29, 1.82) is 0 Å². The van der Waals surface area contributed by atoms with Crippen molar-refractivity contribution in [3.8, 4) is 0 Å². The van der Waals surface area contributed by atoms with Gasteiger partial charge in [-0.25, -0.2) is 9.79 Å². The Morgan fingerprint density at radius 3 is 2.57 bits per heavy atom. The van der Waals surface area contributed by atoms with Gasteiger partial charge in [0.25, 0.3) is 0 Å². The molecule has 0 aromatic heterocycles. The van der Waals surface area contributed by atoms with Crippen molar-refractivity contribution in [2.45, 2.75) is 59.0 Å². The first-order valence-corrected chi connectivity index (χ1v) is 7.49. The highest BCUT2D eigenvalue weighted by Crippen LogP contribution is 2.13. The molecule has 0 aromatic rings. The number of hydrogen-bond donors (Lipinski definition) is 1. The molecule has 0 saturated heterocycles. The fourth-order valence-corrected chi connectivity index (χ4v) is 1.95. The molecule has 2 atom stereocenters. The summed E-state index contributed by atoms with van der Waals surface area (Å²) in [6.45, 7) is 6.17. The topological polar surface area (TPSA) is 84.8 Å². The van der Waals surface area contributed by atoms with E-state index in [9.17, 15) is 14.4 Å². The van der Waals surface area contributed by atoms with Crippen LogP contribution in [0, 0.1) is 5.92 Å². The van der Waals surface area contributed by atoms with Crippen molar-refractivity contribution in [2.75, 3.05) is 13.1 Å². The number of hydrogen-bond acceptors (Lipinski definition) is 5. The maximum absolute atomic E-state index is 11.8. The number of rotatable bonds is 11. The van der Waals surface area contributed by atoms with Crippen LogP contribution in [0.1, 0.15) is 52.9 Å². The number of nitrogens with zero attached hydrogens (tertiary/aromatic N) is 1. The largest absolute Gasteiger partial charge is 0.463 e. The summed E-state index contributed by atoms with van der Waals surface area (Å²) in [6, 6.07) is 0. The Hall–Kier alpha value is -1.68. The Morgan fingerprint density at radius 2 is 2.00 bits per heavy atom. The quantitative estimate of drug-likeness (QED) is 0.273. The van der Waals surface area contributed by atoms with Gasteiger partial charge in [0.1, 0.15) is 6.10 Å². The van der Waals surface area contributed by atoms with Crippen molar-refractivity contribution in [1.82, 2.24) is 5.32 Å². The molecule has 1 N–H and O–H groups in total. The van der Waals surface area contributed by atoms with Crippen LogP contribution in [0.3, 0.4) is 0 Å². The monoisotopic (exact) mass is 298 g/mol. The zero-order valence-electron chi connectivity index (χ0n) is 13.2. The maximum atomic E-state index is 11.8. The third kappa shape index (κ3) is 10.7. The van der Waals surface area contributed by atoms with E-state index in [1.54, 1.807) is 0 Å². The van der Waals surface area contributed by atoms with Gasteiger partial charge >= 0.3 is 5.97 Å². The molecule has 2 unspecified atom stereocenters. The third-order valence-corrected chi connectivity index (χ3v) is 3.21. The number of carbonyl (C=O) groups is 2. The van der Waals surface area contributed by atoms with Crippen LogP contribution in [0.25, 0.3) is 0 Å². The number of amides is 1. The highest BCUT2D eigenvalue weighted by molar-refractivity contribution is 5.78. The van der Waals surface area contributed by atoms with Gasteiger partial charge < -0.3 is 10.1 Å². The lowest BCUT2D eigenvalue weighted by Crippen LogP contribution is -2.30. The summed E-state index contributed by atoms with van der Waals surface area (Å²) in [5.74, 6) is -0.328. The van der Waals surface area contributed by atoms with Gasteiger partial charge in [0.2, 0.25) is 12.0 Å². The number of isocyanates is 1. The van der Waals surface area contributed by atoms with E-state index in [1.165, 1.54) is 13.0 Å². The van der Waals surface area contributed by atoms with Crippen molar-refractivity contribution in [3.05, 3.63) is 0 Å². The average molecular weight is 298 g/mol. The van der Waals surface area contributed by atoms with E-state index in [0.717, 1.165) is 25.7 Å². The Balaban J connectivity index is 3.80. The molecular formula is C15H26N2O4. The molecular weight excluding hydrogens is 272 g/mol. The molecule has 0 radical (unpaired) electrons. The first kappa shape index (κ1) is 19.3. The van der Waals surface area contributed by atoms with E-state index >= 15 is 0 Å². The van der Waals surface area contributed by atoms with E-state index < -0.39 is 0 Å². The molecule has 0 spiro atoms. The van der Waals surface area contributed by atoms with Crippen molar-refractivity contribution in [2.24, 2.45) is 10.9 Å². The van der Waals surface area contributed by atoms with Gasteiger partial charge in [0.15, 0.2) is 0 Å². The second kappa shape index (κ2) is 12.1. The SMILES string of the molecule is CCC(CCCC(C)C(=O)NCCCN=C=O)OC(C)=O.